The predicted octanol–water partition coefficient (Wildman–Crippen LogP) is 3.86. The molecule has 0 saturated heterocycles. The molecule has 0 aliphatic carbocycles. The normalized spacial score (nSPS) is 10.6. The summed E-state index contributed by atoms with van der Waals surface area (Å²) in [6.07, 6.45) is 0.0974. The molecule has 0 saturated carbocycles. The maximum absolute atomic E-state index is 12.4. The molecule has 0 atom stereocenters. The van der Waals surface area contributed by atoms with Crippen molar-refractivity contribution in [2.24, 2.45) is 0 Å². The lowest BCUT2D eigenvalue weighted by Gasteiger charge is -2.11. The lowest BCUT2D eigenvalue weighted by atomic mass is 10.1. The number of hydrogen-bond acceptors (Lipinski definition) is 3. The Morgan fingerprint density at radius 1 is 0.880 bits per heavy atom. The van der Waals surface area contributed by atoms with Gasteiger partial charge in [-0.3, -0.25) is 9.59 Å². The van der Waals surface area contributed by atoms with E-state index in [-0.39, 0.29) is 24.0 Å². The Morgan fingerprint density at radius 3 is 2.04 bits per heavy atom. The highest BCUT2D eigenvalue weighted by molar-refractivity contribution is 6.06. The summed E-state index contributed by atoms with van der Waals surface area (Å²) in [4.78, 5) is 24.5. The largest absolute Gasteiger partial charge is 0.491 e. The van der Waals surface area contributed by atoms with Gasteiger partial charge in [0.2, 0.25) is 0 Å². The predicted molar refractivity (Wildman–Crippen MR) is 99.2 cm³/mol. The van der Waals surface area contributed by atoms with E-state index in [1.54, 1.807) is 36.4 Å². The Morgan fingerprint density at radius 2 is 1.48 bits per heavy atom. The van der Waals surface area contributed by atoms with Gasteiger partial charge in [-0.15, -0.1) is 0 Å². The summed E-state index contributed by atoms with van der Waals surface area (Å²) in [5.74, 6) is 0.289. The summed E-state index contributed by atoms with van der Waals surface area (Å²) in [6, 6.07) is 13.9. The molecule has 25 heavy (non-hydrogen) atoms. The number of nitrogens with one attached hydrogen (secondary N) is 2. The quantitative estimate of drug-likeness (QED) is 0.839. The first-order chi connectivity index (χ1) is 11.8. The third-order valence-electron chi connectivity index (χ3n) is 3.29. The van der Waals surface area contributed by atoms with Crippen LogP contribution < -0.4 is 15.4 Å². The first-order valence-corrected chi connectivity index (χ1v) is 8.34. The molecule has 5 nitrogen and oxygen atoms in total. The van der Waals surface area contributed by atoms with E-state index in [4.69, 9.17) is 4.74 Å². The van der Waals surface area contributed by atoms with Gasteiger partial charge < -0.3 is 15.4 Å². The van der Waals surface area contributed by atoms with Crippen LogP contribution in [0, 0.1) is 0 Å². The Kier molecular flexibility index (Phi) is 6.17. The van der Waals surface area contributed by atoms with E-state index >= 15 is 0 Å². The Labute approximate surface area is 148 Å². The smallest absolute Gasteiger partial charge is 0.255 e. The van der Waals surface area contributed by atoms with Crippen LogP contribution in [-0.4, -0.2) is 24.0 Å². The van der Waals surface area contributed by atoms with Gasteiger partial charge >= 0.3 is 0 Å². The minimum atomic E-state index is -0.267. The maximum Gasteiger partial charge on any atom is 0.255 e. The van der Waals surface area contributed by atoms with Crippen molar-refractivity contribution in [2.75, 3.05) is 5.32 Å². The number of amides is 2. The molecule has 0 aromatic heterocycles. The second kappa shape index (κ2) is 8.33. The number of anilines is 1. The monoisotopic (exact) mass is 340 g/mol. The van der Waals surface area contributed by atoms with Gasteiger partial charge in [-0.25, -0.2) is 0 Å². The zero-order chi connectivity index (χ0) is 18.4. The number of carbonyl (C=O) groups excluding carboxylic acids is 2. The van der Waals surface area contributed by atoms with Crippen LogP contribution in [0.15, 0.2) is 48.5 Å². The molecular weight excluding hydrogens is 316 g/mol. The summed E-state index contributed by atoms with van der Waals surface area (Å²) in [5, 5.41) is 5.63. The first-order valence-electron chi connectivity index (χ1n) is 8.34. The van der Waals surface area contributed by atoms with Crippen LogP contribution in [0.5, 0.6) is 5.75 Å². The van der Waals surface area contributed by atoms with Crippen LogP contribution in [0.25, 0.3) is 0 Å². The van der Waals surface area contributed by atoms with Crippen LogP contribution in [-0.2, 0) is 0 Å². The number of ether oxygens (including phenoxy) is 1. The topological polar surface area (TPSA) is 67.4 Å². The molecule has 0 aliphatic heterocycles. The molecule has 0 heterocycles. The third-order valence-corrected chi connectivity index (χ3v) is 3.29. The van der Waals surface area contributed by atoms with Gasteiger partial charge in [-0.2, -0.15) is 0 Å². The van der Waals surface area contributed by atoms with Gasteiger partial charge in [0.15, 0.2) is 0 Å². The summed E-state index contributed by atoms with van der Waals surface area (Å²) in [6.45, 7) is 7.69. The van der Waals surface area contributed by atoms with E-state index < -0.39 is 0 Å². The molecule has 2 N–H and O–H groups in total. The summed E-state index contributed by atoms with van der Waals surface area (Å²) in [5.41, 5.74) is 1.55. The first kappa shape index (κ1) is 18.5. The average molecular weight is 340 g/mol. The van der Waals surface area contributed by atoms with Gasteiger partial charge in [0.05, 0.1) is 6.10 Å². The molecule has 5 heteroatoms. The number of rotatable bonds is 6. The molecule has 2 aromatic carbocycles. The molecule has 0 fully saturated rings. The molecule has 0 bridgehead atoms. The van der Waals surface area contributed by atoms with Crippen molar-refractivity contribution in [2.45, 2.75) is 39.8 Å². The van der Waals surface area contributed by atoms with Crippen LogP contribution in [0.4, 0.5) is 5.69 Å². The van der Waals surface area contributed by atoms with Crippen molar-refractivity contribution >= 4 is 17.5 Å². The van der Waals surface area contributed by atoms with Crippen molar-refractivity contribution in [1.82, 2.24) is 5.32 Å². The maximum atomic E-state index is 12.4. The minimum Gasteiger partial charge on any atom is -0.491 e. The number of hydrogen-bond donors (Lipinski definition) is 2. The van der Waals surface area contributed by atoms with Crippen molar-refractivity contribution < 1.29 is 14.3 Å². The highest BCUT2D eigenvalue weighted by Crippen LogP contribution is 2.18. The SMILES string of the molecule is CC(C)NC(=O)c1cccc(C(=O)Nc2ccc(OC(C)C)cc2)c1. The minimum absolute atomic E-state index is 0.0385. The average Bonchev–Trinajstić information content (AvgIpc) is 2.55. The van der Waals surface area contributed by atoms with Crippen molar-refractivity contribution in [3.05, 3.63) is 59.7 Å². The number of benzene rings is 2. The van der Waals surface area contributed by atoms with Gasteiger partial charge in [0.1, 0.15) is 5.75 Å². The molecule has 0 aliphatic rings. The zero-order valence-electron chi connectivity index (χ0n) is 15.0. The van der Waals surface area contributed by atoms with Crippen molar-refractivity contribution in [3.63, 3.8) is 0 Å². The van der Waals surface area contributed by atoms with E-state index in [0.717, 1.165) is 5.75 Å². The van der Waals surface area contributed by atoms with Gasteiger partial charge in [-0.05, 0) is 70.2 Å². The van der Waals surface area contributed by atoms with Gasteiger partial charge in [-0.1, -0.05) is 6.07 Å². The van der Waals surface area contributed by atoms with Gasteiger partial charge in [0, 0.05) is 22.9 Å². The summed E-state index contributed by atoms with van der Waals surface area (Å²) in [7, 11) is 0. The molecule has 0 radical (unpaired) electrons. The Hall–Kier alpha value is -2.82. The molecule has 132 valence electrons. The van der Waals surface area contributed by atoms with Gasteiger partial charge in [0.25, 0.3) is 11.8 Å². The molecular formula is C20H24N2O3. The highest BCUT2D eigenvalue weighted by Gasteiger charge is 2.11. The van der Waals surface area contributed by atoms with Crippen LogP contribution in [0.2, 0.25) is 0 Å². The zero-order valence-corrected chi connectivity index (χ0v) is 15.0. The Bertz CT molecular complexity index is 737. The van der Waals surface area contributed by atoms with Crippen LogP contribution in [0.3, 0.4) is 0 Å². The lowest BCUT2D eigenvalue weighted by Crippen LogP contribution is -2.30. The molecule has 2 amide bonds. The van der Waals surface area contributed by atoms with Crippen LogP contribution >= 0.6 is 0 Å². The van der Waals surface area contributed by atoms with Crippen LogP contribution in [0.1, 0.15) is 48.4 Å². The van der Waals surface area contributed by atoms with Crippen molar-refractivity contribution in [3.8, 4) is 5.75 Å². The third kappa shape index (κ3) is 5.64. The second-order valence-electron chi connectivity index (χ2n) is 6.35. The number of carbonyl (C=O) groups is 2. The molecule has 0 unspecified atom stereocenters. The Balaban J connectivity index is 2.06. The van der Waals surface area contributed by atoms with E-state index in [9.17, 15) is 9.59 Å². The van der Waals surface area contributed by atoms with E-state index in [2.05, 4.69) is 10.6 Å². The molecule has 2 rings (SSSR count). The fourth-order valence-electron chi connectivity index (χ4n) is 2.24. The van der Waals surface area contributed by atoms with E-state index in [1.807, 2.05) is 39.8 Å². The fourth-order valence-corrected chi connectivity index (χ4v) is 2.24. The van der Waals surface area contributed by atoms with Crippen molar-refractivity contribution in [1.29, 1.82) is 0 Å². The van der Waals surface area contributed by atoms with E-state index in [1.165, 1.54) is 0 Å². The molecule has 0 spiro atoms. The fraction of sp³-hybridized carbons (Fsp3) is 0.300. The summed E-state index contributed by atoms with van der Waals surface area (Å²) < 4.78 is 5.58. The molecule has 2 aromatic rings. The lowest BCUT2D eigenvalue weighted by molar-refractivity contribution is 0.0943. The standard InChI is InChI=1S/C20H24N2O3/c1-13(2)21-19(23)15-6-5-7-16(12-15)20(24)22-17-8-10-18(11-9-17)25-14(3)4/h5-14H,1-4H3,(H,21,23)(H,22,24). The summed E-state index contributed by atoms with van der Waals surface area (Å²) >= 11 is 0. The second-order valence-corrected chi connectivity index (χ2v) is 6.35. The van der Waals surface area contributed by atoms with E-state index in [0.29, 0.717) is 16.8 Å². The highest BCUT2D eigenvalue weighted by atomic mass is 16.5.